The Balaban J connectivity index is 1.58. The molecule has 130 valence electrons. The summed E-state index contributed by atoms with van der Waals surface area (Å²) in [5.74, 6) is 0.370. The smallest absolute Gasteiger partial charge is 0.149 e. The Morgan fingerprint density at radius 1 is 1.00 bits per heavy atom. The van der Waals surface area contributed by atoms with Gasteiger partial charge in [0, 0.05) is 11.6 Å². The Kier molecular flexibility index (Phi) is 5.03. The first-order valence-electron chi connectivity index (χ1n) is 8.70. The van der Waals surface area contributed by atoms with Crippen molar-refractivity contribution in [2.75, 3.05) is 6.61 Å². The van der Waals surface area contributed by atoms with Crippen LogP contribution in [-0.4, -0.2) is 11.6 Å². The topological polar surface area (TPSA) is 22.1 Å². The molecule has 3 heteroatoms. The van der Waals surface area contributed by atoms with Gasteiger partial charge in [-0.05, 0) is 47.6 Å². The molecule has 0 saturated heterocycles. The van der Waals surface area contributed by atoms with E-state index in [0.717, 1.165) is 18.2 Å². The second-order valence-corrected chi connectivity index (χ2v) is 7.34. The largest absolute Gasteiger partial charge is 0.493 e. The molecule has 0 bridgehead atoms. The maximum Gasteiger partial charge on any atom is 0.149 e. The van der Waals surface area contributed by atoms with Crippen molar-refractivity contribution in [1.29, 1.82) is 0 Å². The summed E-state index contributed by atoms with van der Waals surface area (Å²) < 4.78 is 19.6. The van der Waals surface area contributed by atoms with E-state index < -0.39 is 0 Å². The third kappa shape index (κ3) is 4.16. The molecule has 0 radical (unpaired) electrons. The standard InChI is InChI=1S/C22H24FNO/c1-22(2,3)17-11-9-16(10-12-17)6-5-15-25-20-13-14-24-21-18(20)7-4-8-19(21)23/h4,7-14H,5-6,15H2,1-3H3. The molecule has 0 fully saturated rings. The van der Waals surface area contributed by atoms with Crippen molar-refractivity contribution < 1.29 is 9.13 Å². The van der Waals surface area contributed by atoms with E-state index in [-0.39, 0.29) is 11.2 Å². The number of para-hydroxylation sites is 1. The summed E-state index contributed by atoms with van der Waals surface area (Å²) in [6.45, 7) is 7.25. The molecule has 0 aliphatic carbocycles. The number of nitrogens with zero attached hydrogens (tertiary/aromatic N) is 1. The molecule has 0 atom stereocenters. The van der Waals surface area contributed by atoms with Crippen molar-refractivity contribution in [3.8, 4) is 5.75 Å². The molecule has 1 heterocycles. The molecular formula is C22H24FNO. The molecule has 0 saturated carbocycles. The van der Waals surface area contributed by atoms with Crippen LogP contribution in [-0.2, 0) is 11.8 Å². The molecule has 0 aliphatic heterocycles. The van der Waals surface area contributed by atoms with Crippen molar-refractivity contribution in [1.82, 2.24) is 4.98 Å². The van der Waals surface area contributed by atoms with Gasteiger partial charge < -0.3 is 4.74 Å². The predicted molar refractivity (Wildman–Crippen MR) is 101 cm³/mol. The molecule has 3 aromatic rings. The average molecular weight is 337 g/mol. The van der Waals surface area contributed by atoms with E-state index in [1.807, 2.05) is 6.07 Å². The van der Waals surface area contributed by atoms with E-state index >= 15 is 0 Å². The third-order valence-corrected chi connectivity index (χ3v) is 4.37. The molecule has 2 nitrogen and oxygen atoms in total. The number of hydrogen-bond donors (Lipinski definition) is 0. The van der Waals surface area contributed by atoms with Crippen LogP contribution in [0.25, 0.3) is 10.9 Å². The van der Waals surface area contributed by atoms with E-state index in [1.54, 1.807) is 18.3 Å². The molecule has 2 aromatic carbocycles. The van der Waals surface area contributed by atoms with Gasteiger partial charge in [-0.15, -0.1) is 0 Å². The zero-order valence-corrected chi connectivity index (χ0v) is 15.1. The summed E-state index contributed by atoms with van der Waals surface area (Å²) in [6.07, 6.45) is 3.46. The Morgan fingerprint density at radius 3 is 2.48 bits per heavy atom. The average Bonchev–Trinajstić information content (AvgIpc) is 2.59. The lowest BCUT2D eigenvalue weighted by molar-refractivity contribution is 0.314. The van der Waals surface area contributed by atoms with Crippen LogP contribution < -0.4 is 4.74 Å². The lowest BCUT2D eigenvalue weighted by Crippen LogP contribution is -2.10. The van der Waals surface area contributed by atoms with Gasteiger partial charge in [0.1, 0.15) is 17.1 Å². The van der Waals surface area contributed by atoms with Crippen LogP contribution in [0.5, 0.6) is 5.75 Å². The van der Waals surface area contributed by atoms with Gasteiger partial charge in [0.25, 0.3) is 0 Å². The van der Waals surface area contributed by atoms with Crippen LogP contribution in [0.1, 0.15) is 38.3 Å². The fourth-order valence-electron chi connectivity index (χ4n) is 2.87. The number of fused-ring (bicyclic) bond motifs is 1. The zero-order chi connectivity index (χ0) is 17.9. The highest BCUT2D eigenvalue weighted by Crippen LogP contribution is 2.26. The quantitative estimate of drug-likeness (QED) is 0.559. The van der Waals surface area contributed by atoms with Crippen molar-refractivity contribution in [3.05, 3.63) is 71.7 Å². The van der Waals surface area contributed by atoms with E-state index in [1.165, 1.54) is 17.2 Å². The lowest BCUT2D eigenvalue weighted by Gasteiger charge is -2.19. The van der Waals surface area contributed by atoms with Gasteiger partial charge in [-0.25, -0.2) is 4.39 Å². The second-order valence-electron chi connectivity index (χ2n) is 7.34. The van der Waals surface area contributed by atoms with Gasteiger partial charge in [0.2, 0.25) is 0 Å². The molecule has 25 heavy (non-hydrogen) atoms. The minimum Gasteiger partial charge on any atom is -0.493 e. The number of ether oxygens (including phenoxy) is 1. The minimum absolute atomic E-state index is 0.180. The summed E-state index contributed by atoms with van der Waals surface area (Å²) in [5, 5.41) is 0.719. The van der Waals surface area contributed by atoms with E-state index in [9.17, 15) is 4.39 Å². The Morgan fingerprint density at radius 2 is 1.76 bits per heavy atom. The molecule has 0 spiro atoms. The summed E-state index contributed by atoms with van der Waals surface area (Å²) in [7, 11) is 0. The van der Waals surface area contributed by atoms with Gasteiger partial charge in [0.05, 0.1) is 6.61 Å². The molecule has 0 amide bonds. The molecule has 0 unspecified atom stereocenters. The number of hydrogen-bond acceptors (Lipinski definition) is 2. The van der Waals surface area contributed by atoms with Crippen molar-refractivity contribution in [2.45, 2.75) is 39.0 Å². The maximum absolute atomic E-state index is 13.8. The Hall–Kier alpha value is -2.42. The summed E-state index contributed by atoms with van der Waals surface area (Å²) in [6, 6.07) is 15.5. The number of rotatable bonds is 5. The highest BCUT2D eigenvalue weighted by molar-refractivity contribution is 5.85. The van der Waals surface area contributed by atoms with Gasteiger partial charge in [-0.3, -0.25) is 4.98 Å². The Bertz CT molecular complexity index is 850. The van der Waals surface area contributed by atoms with Gasteiger partial charge in [-0.2, -0.15) is 0 Å². The van der Waals surface area contributed by atoms with Crippen LogP contribution >= 0.6 is 0 Å². The van der Waals surface area contributed by atoms with Crippen molar-refractivity contribution in [2.24, 2.45) is 0 Å². The Labute approximate surface area is 148 Å². The van der Waals surface area contributed by atoms with Gasteiger partial charge in [-0.1, -0.05) is 51.1 Å². The van der Waals surface area contributed by atoms with E-state index in [2.05, 4.69) is 50.0 Å². The van der Waals surface area contributed by atoms with Crippen LogP contribution in [0.4, 0.5) is 4.39 Å². The normalized spacial score (nSPS) is 11.7. The highest BCUT2D eigenvalue weighted by Gasteiger charge is 2.12. The SMILES string of the molecule is CC(C)(C)c1ccc(CCCOc2ccnc3c(F)cccc23)cc1. The first kappa shape index (κ1) is 17.4. The summed E-state index contributed by atoms with van der Waals surface area (Å²) >= 11 is 0. The number of aromatic nitrogens is 1. The molecule has 0 aliphatic rings. The molecule has 0 N–H and O–H groups in total. The van der Waals surface area contributed by atoms with Gasteiger partial charge in [0.15, 0.2) is 0 Å². The summed E-state index contributed by atoms with van der Waals surface area (Å²) in [5.41, 5.74) is 3.19. The highest BCUT2D eigenvalue weighted by atomic mass is 19.1. The fourth-order valence-corrected chi connectivity index (χ4v) is 2.87. The van der Waals surface area contributed by atoms with Crippen LogP contribution in [0.2, 0.25) is 0 Å². The molecule has 3 rings (SSSR count). The number of benzene rings is 2. The van der Waals surface area contributed by atoms with Crippen molar-refractivity contribution in [3.63, 3.8) is 0 Å². The van der Waals surface area contributed by atoms with Crippen molar-refractivity contribution >= 4 is 10.9 Å². The zero-order valence-electron chi connectivity index (χ0n) is 15.1. The summed E-state index contributed by atoms with van der Waals surface area (Å²) in [4.78, 5) is 4.09. The first-order chi connectivity index (χ1) is 11.9. The molecular weight excluding hydrogens is 313 g/mol. The maximum atomic E-state index is 13.8. The van der Waals surface area contributed by atoms with Crippen LogP contribution in [0, 0.1) is 5.82 Å². The second kappa shape index (κ2) is 7.22. The van der Waals surface area contributed by atoms with Crippen LogP contribution in [0.3, 0.4) is 0 Å². The monoisotopic (exact) mass is 337 g/mol. The lowest BCUT2D eigenvalue weighted by atomic mass is 9.86. The number of pyridine rings is 1. The van der Waals surface area contributed by atoms with Crippen LogP contribution in [0.15, 0.2) is 54.7 Å². The first-order valence-corrected chi connectivity index (χ1v) is 8.70. The molecule has 1 aromatic heterocycles. The van der Waals surface area contributed by atoms with E-state index in [4.69, 9.17) is 4.74 Å². The fraction of sp³-hybridized carbons (Fsp3) is 0.318. The number of aryl methyl sites for hydroxylation is 1. The van der Waals surface area contributed by atoms with E-state index in [0.29, 0.717) is 17.9 Å². The number of halogens is 1. The van der Waals surface area contributed by atoms with Gasteiger partial charge >= 0.3 is 0 Å². The minimum atomic E-state index is -0.318. The third-order valence-electron chi connectivity index (χ3n) is 4.37. The predicted octanol–water partition coefficient (Wildman–Crippen LogP) is 5.68.